The number of hydrogen-bond acceptors (Lipinski definition) is 2. The highest BCUT2D eigenvalue weighted by molar-refractivity contribution is 9.10. The highest BCUT2D eigenvalue weighted by Crippen LogP contribution is 2.37. The third-order valence-corrected chi connectivity index (χ3v) is 3.75. The number of anilines is 1. The van der Waals surface area contributed by atoms with Crippen molar-refractivity contribution in [2.24, 2.45) is 5.92 Å². The van der Waals surface area contributed by atoms with Crippen LogP contribution in [0.5, 0.6) is 0 Å². The second-order valence-corrected chi connectivity index (χ2v) is 7.02. The monoisotopic (exact) mass is 343 g/mol. The Morgan fingerprint density at radius 3 is 2.65 bits per heavy atom. The number of carbonyl (C=O) groups excluding carboxylic acids is 1. The summed E-state index contributed by atoms with van der Waals surface area (Å²) in [5.41, 5.74) is 0.186. The van der Waals surface area contributed by atoms with Gasteiger partial charge in [-0.05, 0) is 58.1 Å². The van der Waals surface area contributed by atoms with E-state index in [9.17, 15) is 9.18 Å². The van der Waals surface area contributed by atoms with Crippen LogP contribution in [0.25, 0.3) is 0 Å². The number of hydrogen-bond donors (Lipinski definition) is 1. The molecule has 0 aliphatic heterocycles. The summed E-state index contributed by atoms with van der Waals surface area (Å²) in [5, 5.41) is 2.47. The van der Waals surface area contributed by atoms with E-state index >= 15 is 0 Å². The molecular weight excluding hydrogens is 325 g/mol. The third-order valence-electron chi connectivity index (χ3n) is 3.01. The quantitative estimate of drug-likeness (QED) is 0.848. The zero-order chi connectivity index (χ0) is 14.9. The summed E-state index contributed by atoms with van der Waals surface area (Å²) in [5.74, 6) is 0.190. The van der Waals surface area contributed by atoms with Crippen molar-refractivity contribution < 1.29 is 13.9 Å². The highest BCUT2D eigenvalue weighted by Gasteiger charge is 2.26. The van der Waals surface area contributed by atoms with E-state index in [4.69, 9.17) is 4.74 Å². The summed E-state index contributed by atoms with van der Waals surface area (Å²) in [6, 6.07) is 3.30. The summed E-state index contributed by atoms with van der Waals surface area (Å²) >= 11 is 3.37. The Balaban J connectivity index is 2.13. The van der Waals surface area contributed by atoms with Gasteiger partial charge < -0.3 is 4.74 Å². The summed E-state index contributed by atoms with van der Waals surface area (Å²) in [6.45, 7) is 5.30. The first kappa shape index (κ1) is 15.3. The molecule has 0 radical (unpaired) electrons. The van der Waals surface area contributed by atoms with Crippen molar-refractivity contribution in [1.82, 2.24) is 0 Å². The van der Waals surface area contributed by atoms with E-state index in [-0.39, 0.29) is 11.5 Å². The van der Waals surface area contributed by atoms with Gasteiger partial charge >= 0.3 is 6.09 Å². The van der Waals surface area contributed by atoms with Crippen molar-refractivity contribution >= 4 is 27.7 Å². The SMILES string of the molecule is CC(C)(C)OC(=O)Nc1ccc(Br)c(CC2CC2)c1F. The van der Waals surface area contributed by atoms with Crippen LogP contribution in [0.15, 0.2) is 16.6 Å². The van der Waals surface area contributed by atoms with Gasteiger partial charge in [-0.25, -0.2) is 9.18 Å². The Labute approximate surface area is 127 Å². The van der Waals surface area contributed by atoms with Gasteiger partial charge in [-0.1, -0.05) is 15.9 Å². The molecule has 1 aromatic rings. The Kier molecular flexibility index (Phi) is 4.37. The van der Waals surface area contributed by atoms with Crippen molar-refractivity contribution in [2.75, 3.05) is 5.32 Å². The second kappa shape index (κ2) is 5.72. The van der Waals surface area contributed by atoms with Gasteiger partial charge in [-0.2, -0.15) is 0 Å². The maximum atomic E-state index is 14.4. The third kappa shape index (κ3) is 4.20. The van der Waals surface area contributed by atoms with Crippen molar-refractivity contribution in [2.45, 2.75) is 45.6 Å². The molecule has 0 atom stereocenters. The van der Waals surface area contributed by atoms with E-state index in [0.717, 1.165) is 17.3 Å². The molecule has 0 unspecified atom stereocenters. The lowest BCUT2D eigenvalue weighted by molar-refractivity contribution is 0.0635. The fraction of sp³-hybridized carbons (Fsp3) is 0.533. The van der Waals surface area contributed by atoms with E-state index < -0.39 is 11.7 Å². The normalized spacial score (nSPS) is 15.1. The maximum Gasteiger partial charge on any atom is 0.412 e. The molecule has 20 heavy (non-hydrogen) atoms. The van der Waals surface area contributed by atoms with E-state index in [1.807, 2.05) is 0 Å². The minimum Gasteiger partial charge on any atom is -0.444 e. The molecule has 3 nitrogen and oxygen atoms in total. The van der Waals surface area contributed by atoms with Gasteiger partial charge in [0, 0.05) is 10.0 Å². The number of amides is 1. The van der Waals surface area contributed by atoms with Gasteiger partial charge in [0.05, 0.1) is 5.69 Å². The lowest BCUT2D eigenvalue weighted by Gasteiger charge is -2.20. The number of benzene rings is 1. The molecule has 110 valence electrons. The zero-order valence-electron chi connectivity index (χ0n) is 11.9. The first-order chi connectivity index (χ1) is 9.26. The molecule has 1 aliphatic rings. The molecule has 2 rings (SSSR count). The van der Waals surface area contributed by atoms with Gasteiger partial charge in [0.1, 0.15) is 5.60 Å². The van der Waals surface area contributed by atoms with Gasteiger partial charge in [-0.15, -0.1) is 0 Å². The molecule has 0 spiro atoms. The standard InChI is InChI=1S/C15H19BrFNO2/c1-15(2,3)20-14(19)18-12-7-6-11(16)10(13(12)17)8-9-4-5-9/h6-7,9H,4-5,8H2,1-3H3,(H,18,19). The number of carbonyl (C=O) groups is 1. The summed E-state index contributed by atoms with van der Waals surface area (Å²) in [6.07, 6.45) is 2.36. The lowest BCUT2D eigenvalue weighted by atomic mass is 10.1. The maximum absolute atomic E-state index is 14.4. The number of ether oxygens (including phenoxy) is 1. The molecule has 1 fully saturated rings. The molecule has 0 heterocycles. The van der Waals surface area contributed by atoms with Crippen LogP contribution in [0.1, 0.15) is 39.2 Å². The van der Waals surface area contributed by atoms with E-state index in [1.54, 1.807) is 32.9 Å². The van der Waals surface area contributed by atoms with Crippen LogP contribution in [-0.2, 0) is 11.2 Å². The average molecular weight is 344 g/mol. The Hall–Kier alpha value is -1.10. The molecule has 0 aromatic heterocycles. The fourth-order valence-electron chi connectivity index (χ4n) is 1.91. The predicted molar refractivity (Wildman–Crippen MR) is 80.4 cm³/mol. The van der Waals surface area contributed by atoms with Crippen molar-refractivity contribution in [3.05, 3.63) is 28.0 Å². The Morgan fingerprint density at radius 1 is 1.45 bits per heavy atom. The average Bonchev–Trinajstić information content (AvgIpc) is 3.10. The molecule has 1 aromatic carbocycles. The van der Waals surface area contributed by atoms with Crippen LogP contribution in [-0.4, -0.2) is 11.7 Å². The molecular formula is C15H19BrFNO2. The Morgan fingerprint density at radius 2 is 2.10 bits per heavy atom. The summed E-state index contributed by atoms with van der Waals surface area (Å²) < 4.78 is 20.3. The highest BCUT2D eigenvalue weighted by atomic mass is 79.9. The van der Waals surface area contributed by atoms with Gasteiger partial charge in [-0.3, -0.25) is 5.32 Å². The minimum atomic E-state index is -0.643. The lowest BCUT2D eigenvalue weighted by Crippen LogP contribution is -2.27. The second-order valence-electron chi connectivity index (χ2n) is 6.16. The smallest absolute Gasteiger partial charge is 0.412 e. The van der Waals surface area contributed by atoms with Gasteiger partial charge in [0.25, 0.3) is 0 Å². The topological polar surface area (TPSA) is 38.3 Å². The molecule has 1 N–H and O–H groups in total. The predicted octanol–water partition coefficient (Wildman–Crippen LogP) is 4.89. The van der Waals surface area contributed by atoms with E-state index in [1.165, 1.54) is 0 Å². The van der Waals surface area contributed by atoms with Gasteiger partial charge in [0.15, 0.2) is 5.82 Å². The minimum absolute atomic E-state index is 0.165. The van der Waals surface area contributed by atoms with Crippen LogP contribution < -0.4 is 5.32 Å². The zero-order valence-corrected chi connectivity index (χ0v) is 13.5. The molecule has 1 amide bonds. The van der Waals surface area contributed by atoms with Crippen LogP contribution in [0, 0.1) is 11.7 Å². The van der Waals surface area contributed by atoms with E-state index in [0.29, 0.717) is 17.9 Å². The molecule has 0 saturated heterocycles. The molecule has 1 saturated carbocycles. The van der Waals surface area contributed by atoms with Crippen LogP contribution >= 0.6 is 15.9 Å². The van der Waals surface area contributed by atoms with Crippen molar-refractivity contribution in [3.8, 4) is 0 Å². The molecule has 1 aliphatic carbocycles. The number of rotatable bonds is 3. The van der Waals surface area contributed by atoms with Crippen LogP contribution in [0.3, 0.4) is 0 Å². The summed E-state index contributed by atoms with van der Waals surface area (Å²) in [4.78, 5) is 11.7. The van der Waals surface area contributed by atoms with Crippen LogP contribution in [0.2, 0.25) is 0 Å². The van der Waals surface area contributed by atoms with Crippen molar-refractivity contribution in [3.63, 3.8) is 0 Å². The largest absolute Gasteiger partial charge is 0.444 e. The van der Waals surface area contributed by atoms with Crippen LogP contribution in [0.4, 0.5) is 14.9 Å². The van der Waals surface area contributed by atoms with Gasteiger partial charge in [0.2, 0.25) is 0 Å². The first-order valence-corrected chi connectivity index (χ1v) is 7.52. The first-order valence-electron chi connectivity index (χ1n) is 6.73. The number of halogens is 2. The van der Waals surface area contributed by atoms with Crippen molar-refractivity contribution in [1.29, 1.82) is 0 Å². The number of nitrogens with one attached hydrogen (secondary N) is 1. The molecule has 0 bridgehead atoms. The molecule has 5 heteroatoms. The Bertz CT molecular complexity index is 521. The van der Waals surface area contributed by atoms with E-state index in [2.05, 4.69) is 21.2 Å². The fourth-order valence-corrected chi connectivity index (χ4v) is 2.37. The summed E-state index contributed by atoms with van der Waals surface area (Å²) in [7, 11) is 0.